The first-order valence-electron chi connectivity index (χ1n) is 10.5. The number of anilines is 1. The van der Waals surface area contributed by atoms with Crippen LogP contribution in [0.15, 0.2) is 54.1 Å². The van der Waals surface area contributed by atoms with Crippen LogP contribution in [0.5, 0.6) is 11.5 Å². The molecular weight excluding hydrogens is 564 g/mol. The molecule has 0 bridgehead atoms. The summed E-state index contributed by atoms with van der Waals surface area (Å²) < 4.78 is 11.5. The van der Waals surface area contributed by atoms with Crippen LogP contribution in [0.1, 0.15) is 18.1 Å². The van der Waals surface area contributed by atoms with Crippen molar-refractivity contribution < 1.29 is 19.2 Å². The van der Waals surface area contributed by atoms with Crippen LogP contribution in [0.2, 0.25) is 20.1 Å². The van der Waals surface area contributed by atoms with Crippen LogP contribution in [-0.4, -0.2) is 17.4 Å². The molecule has 3 rings (SSSR count). The van der Waals surface area contributed by atoms with Crippen molar-refractivity contribution in [2.75, 3.05) is 11.9 Å². The highest BCUT2D eigenvalue weighted by Gasteiger charge is 2.19. The van der Waals surface area contributed by atoms with Crippen LogP contribution in [0.3, 0.4) is 0 Å². The van der Waals surface area contributed by atoms with Gasteiger partial charge in [-0.25, -0.2) is 0 Å². The number of nitro benzene ring substituents is 1. The summed E-state index contributed by atoms with van der Waals surface area (Å²) in [6, 6.07) is 13.9. The molecule has 8 nitrogen and oxygen atoms in total. The summed E-state index contributed by atoms with van der Waals surface area (Å²) in [5, 5.41) is 23.6. The van der Waals surface area contributed by atoms with E-state index in [1.54, 1.807) is 43.3 Å². The molecule has 3 aromatic carbocycles. The average molecular weight is 581 g/mol. The number of nitro groups is 1. The molecule has 12 heteroatoms. The van der Waals surface area contributed by atoms with E-state index in [-0.39, 0.29) is 33.6 Å². The van der Waals surface area contributed by atoms with Gasteiger partial charge in [-0.2, -0.15) is 5.26 Å². The Kier molecular flexibility index (Phi) is 9.61. The Morgan fingerprint density at radius 1 is 1.03 bits per heavy atom. The van der Waals surface area contributed by atoms with E-state index in [1.165, 1.54) is 6.08 Å². The number of ether oxygens (including phenoxy) is 2. The minimum absolute atomic E-state index is 0.0583. The Morgan fingerprint density at radius 3 is 2.24 bits per heavy atom. The van der Waals surface area contributed by atoms with Crippen LogP contribution in [0.4, 0.5) is 11.4 Å². The summed E-state index contributed by atoms with van der Waals surface area (Å²) >= 11 is 24.5. The zero-order valence-corrected chi connectivity index (χ0v) is 22.1. The molecule has 0 aromatic heterocycles. The van der Waals surface area contributed by atoms with Crippen molar-refractivity contribution in [3.63, 3.8) is 0 Å². The highest BCUT2D eigenvalue weighted by molar-refractivity contribution is 6.40. The van der Waals surface area contributed by atoms with Gasteiger partial charge in [0, 0.05) is 27.7 Å². The predicted octanol–water partition coefficient (Wildman–Crippen LogP) is 7.73. The predicted molar refractivity (Wildman–Crippen MR) is 144 cm³/mol. The van der Waals surface area contributed by atoms with Crippen molar-refractivity contribution in [1.29, 1.82) is 5.26 Å². The smallest absolute Gasteiger partial charge is 0.272 e. The third-order valence-electron chi connectivity index (χ3n) is 4.85. The Bertz CT molecular complexity index is 1390. The number of nitrogens with one attached hydrogen (secondary N) is 1. The number of carbonyl (C=O) groups excluding carboxylic acids is 1. The number of rotatable bonds is 9. The van der Waals surface area contributed by atoms with Crippen LogP contribution in [0.25, 0.3) is 6.08 Å². The third-order valence-corrected chi connectivity index (χ3v) is 6.16. The largest absolute Gasteiger partial charge is 0.490 e. The summed E-state index contributed by atoms with van der Waals surface area (Å²) in [5.41, 5.74) is 0.413. The molecule has 0 saturated carbocycles. The minimum Gasteiger partial charge on any atom is -0.490 e. The van der Waals surface area contributed by atoms with Gasteiger partial charge in [-0.3, -0.25) is 14.9 Å². The van der Waals surface area contributed by atoms with Gasteiger partial charge < -0.3 is 14.8 Å². The lowest BCUT2D eigenvalue weighted by atomic mass is 10.1. The first kappa shape index (κ1) is 28.1. The zero-order chi connectivity index (χ0) is 27.1. The van der Waals surface area contributed by atoms with Gasteiger partial charge in [-0.05, 0) is 42.8 Å². The molecule has 0 spiro atoms. The van der Waals surface area contributed by atoms with E-state index in [9.17, 15) is 20.2 Å². The Labute approximate surface area is 232 Å². The first-order chi connectivity index (χ1) is 17.6. The number of benzene rings is 3. The standard InChI is InChI=1S/C25H17Cl4N3O5/c1-2-36-23-9-14(6-7-22(23)37-13-17-18(26)4-3-5-19(17)27)8-15(12-30)25(33)31-24-20(28)10-16(32(34)35)11-21(24)29/h3-11H,2,13H2,1H3,(H,31,33)/b15-8+. The summed E-state index contributed by atoms with van der Waals surface area (Å²) in [6.07, 6.45) is 1.33. The van der Waals surface area contributed by atoms with Crippen molar-refractivity contribution >= 4 is 69.8 Å². The normalized spacial score (nSPS) is 11.0. The van der Waals surface area contributed by atoms with Crippen LogP contribution in [0, 0.1) is 21.4 Å². The molecule has 37 heavy (non-hydrogen) atoms. The number of carbonyl (C=O) groups is 1. The van der Waals surface area contributed by atoms with E-state index >= 15 is 0 Å². The topological polar surface area (TPSA) is 114 Å². The molecule has 1 N–H and O–H groups in total. The van der Waals surface area contributed by atoms with Crippen molar-refractivity contribution in [2.24, 2.45) is 0 Å². The van der Waals surface area contributed by atoms with Gasteiger partial charge in [-0.1, -0.05) is 58.5 Å². The monoisotopic (exact) mass is 579 g/mol. The maximum atomic E-state index is 12.7. The molecular formula is C25H17Cl4N3O5. The number of halogens is 4. The number of amides is 1. The molecule has 0 radical (unpaired) electrons. The zero-order valence-electron chi connectivity index (χ0n) is 19.1. The molecule has 0 aliphatic heterocycles. The van der Waals surface area contributed by atoms with Crippen LogP contribution < -0.4 is 14.8 Å². The van der Waals surface area contributed by atoms with Gasteiger partial charge in [0.15, 0.2) is 11.5 Å². The maximum absolute atomic E-state index is 12.7. The summed E-state index contributed by atoms with van der Waals surface area (Å²) in [7, 11) is 0. The highest BCUT2D eigenvalue weighted by atomic mass is 35.5. The summed E-state index contributed by atoms with van der Waals surface area (Å²) in [6.45, 7) is 2.22. The number of hydrogen-bond acceptors (Lipinski definition) is 6. The molecule has 1 amide bonds. The lowest BCUT2D eigenvalue weighted by Gasteiger charge is -2.14. The second-order valence-corrected chi connectivity index (χ2v) is 8.92. The van der Waals surface area contributed by atoms with E-state index < -0.39 is 10.8 Å². The fourth-order valence-electron chi connectivity index (χ4n) is 3.10. The average Bonchev–Trinajstić information content (AvgIpc) is 2.85. The quantitative estimate of drug-likeness (QED) is 0.120. The van der Waals surface area contributed by atoms with E-state index in [1.807, 2.05) is 6.07 Å². The lowest BCUT2D eigenvalue weighted by Crippen LogP contribution is -2.14. The van der Waals surface area contributed by atoms with Gasteiger partial charge >= 0.3 is 0 Å². The Balaban J connectivity index is 1.84. The SMILES string of the molecule is CCOc1cc(/C=C(\C#N)C(=O)Nc2c(Cl)cc([N+](=O)[O-])cc2Cl)ccc1OCc1c(Cl)cccc1Cl. The fraction of sp³-hybridized carbons (Fsp3) is 0.120. The molecule has 0 aliphatic rings. The van der Waals surface area contributed by atoms with Gasteiger partial charge in [0.2, 0.25) is 0 Å². The molecule has 0 unspecified atom stereocenters. The molecule has 0 fully saturated rings. The molecule has 0 saturated heterocycles. The molecule has 0 aliphatic carbocycles. The van der Waals surface area contributed by atoms with Gasteiger partial charge in [0.1, 0.15) is 18.2 Å². The van der Waals surface area contributed by atoms with Crippen LogP contribution >= 0.6 is 46.4 Å². The van der Waals surface area contributed by atoms with Crippen molar-refractivity contribution in [1.82, 2.24) is 0 Å². The number of non-ortho nitro benzene ring substituents is 1. The van der Waals surface area contributed by atoms with Crippen molar-refractivity contribution in [3.05, 3.63) is 95.4 Å². The van der Waals surface area contributed by atoms with Gasteiger partial charge in [0.25, 0.3) is 11.6 Å². The molecule has 0 atom stereocenters. The second-order valence-electron chi connectivity index (χ2n) is 7.29. The third kappa shape index (κ3) is 7.06. The summed E-state index contributed by atoms with van der Waals surface area (Å²) in [4.78, 5) is 23.0. The van der Waals surface area contributed by atoms with E-state index in [2.05, 4.69) is 5.32 Å². The van der Waals surface area contributed by atoms with E-state index in [0.29, 0.717) is 39.3 Å². The Hall–Kier alpha value is -3.48. The Morgan fingerprint density at radius 2 is 1.68 bits per heavy atom. The minimum atomic E-state index is -0.813. The highest BCUT2D eigenvalue weighted by Crippen LogP contribution is 2.35. The van der Waals surface area contributed by atoms with Crippen molar-refractivity contribution in [2.45, 2.75) is 13.5 Å². The lowest BCUT2D eigenvalue weighted by molar-refractivity contribution is -0.384. The van der Waals surface area contributed by atoms with E-state index in [0.717, 1.165) is 12.1 Å². The molecule has 3 aromatic rings. The van der Waals surface area contributed by atoms with Crippen LogP contribution in [-0.2, 0) is 11.4 Å². The molecule has 0 heterocycles. The van der Waals surface area contributed by atoms with E-state index in [4.69, 9.17) is 55.9 Å². The second kappa shape index (κ2) is 12.7. The number of nitrogens with zero attached hydrogens (tertiary/aromatic N) is 2. The summed E-state index contributed by atoms with van der Waals surface area (Å²) in [5.74, 6) is -0.0345. The first-order valence-corrected chi connectivity index (χ1v) is 12.0. The number of hydrogen-bond donors (Lipinski definition) is 1. The maximum Gasteiger partial charge on any atom is 0.272 e. The van der Waals surface area contributed by atoms with Gasteiger partial charge in [-0.15, -0.1) is 0 Å². The molecule has 190 valence electrons. The fourth-order valence-corrected chi connectivity index (χ4v) is 4.18. The number of nitriles is 1. The van der Waals surface area contributed by atoms with Crippen molar-refractivity contribution in [3.8, 4) is 17.6 Å². The van der Waals surface area contributed by atoms with Gasteiger partial charge in [0.05, 0.1) is 27.3 Å².